The average molecular weight is 294 g/mol. The first-order valence-electron chi connectivity index (χ1n) is 4.77. The molecule has 104 valence electrons. The van der Waals surface area contributed by atoms with E-state index in [1.165, 1.54) is 0 Å². The SMILES string of the molecule is CSc1ncc(C(=O)O)c(N/N=C(\C)C(F)(F)F)n1. The number of hydrazone groups is 1. The van der Waals surface area contributed by atoms with Gasteiger partial charge in [-0.15, -0.1) is 0 Å². The summed E-state index contributed by atoms with van der Waals surface area (Å²) in [5, 5.41) is 12.1. The maximum absolute atomic E-state index is 12.2. The predicted molar refractivity (Wildman–Crippen MR) is 63.6 cm³/mol. The van der Waals surface area contributed by atoms with Crippen LogP contribution in [0.4, 0.5) is 19.0 Å². The van der Waals surface area contributed by atoms with Gasteiger partial charge in [0.05, 0.1) is 0 Å². The number of aromatic nitrogens is 2. The van der Waals surface area contributed by atoms with Crippen molar-refractivity contribution in [3.05, 3.63) is 11.8 Å². The molecule has 19 heavy (non-hydrogen) atoms. The van der Waals surface area contributed by atoms with E-state index in [1.54, 1.807) is 6.26 Å². The number of nitrogens with zero attached hydrogens (tertiary/aromatic N) is 3. The molecule has 2 N–H and O–H groups in total. The maximum atomic E-state index is 12.2. The predicted octanol–water partition coefficient (Wildman–Crippen LogP) is 2.25. The van der Waals surface area contributed by atoms with Crippen molar-refractivity contribution in [1.29, 1.82) is 0 Å². The molecule has 0 aliphatic carbocycles. The van der Waals surface area contributed by atoms with E-state index in [2.05, 4.69) is 15.1 Å². The largest absolute Gasteiger partial charge is 0.477 e. The summed E-state index contributed by atoms with van der Waals surface area (Å²) < 4.78 is 36.7. The minimum absolute atomic E-state index is 0.215. The number of carbonyl (C=O) groups is 1. The van der Waals surface area contributed by atoms with Crippen LogP contribution >= 0.6 is 11.8 Å². The molecular formula is C9H9F3N4O2S. The van der Waals surface area contributed by atoms with Gasteiger partial charge in [0.15, 0.2) is 11.0 Å². The van der Waals surface area contributed by atoms with E-state index in [9.17, 15) is 18.0 Å². The monoisotopic (exact) mass is 294 g/mol. The van der Waals surface area contributed by atoms with E-state index in [0.717, 1.165) is 24.9 Å². The van der Waals surface area contributed by atoms with Crippen molar-refractivity contribution >= 4 is 29.3 Å². The second-order valence-corrected chi connectivity index (χ2v) is 4.00. The van der Waals surface area contributed by atoms with Crippen LogP contribution in [0.5, 0.6) is 0 Å². The molecule has 0 amide bonds. The van der Waals surface area contributed by atoms with Gasteiger partial charge in [0.1, 0.15) is 11.3 Å². The number of aromatic carboxylic acids is 1. The first-order valence-corrected chi connectivity index (χ1v) is 6.00. The molecule has 0 spiro atoms. The number of nitrogens with one attached hydrogen (secondary N) is 1. The van der Waals surface area contributed by atoms with E-state index in [-0.39, 0.29) is 16.5 Å². The molecule has 0 atom stereocenters. The molecule has 0 unspecified atom stereocenters. The molecule has 1 heterocycles. The fourth-order valence-corrected chi connectivity index (χ4v) is 1.25. The summed E-state index contributed by atoms with van der Waals surface area (Å²) in [6.07, 6.45) is -1.95. The molecule has 1 aromatic rings. The molecule has 1 aromatic heterocycles. The van der Waals surface area contributed by atoms with Gasteiger partial charge < -0.3 is 5.11 Å². The number of anilines is 1. The maximum Gasteiger partial charge on any atom is 0.430 e. The lowest BCUT2D eigenvalue weighted by Crippen LogP contribution is -2.21. The quantitative estimate of drug-likeness (QED) is 0.383. The van der Waals surface area contributed by atoms with Gasteiger partial charge >= 0.3 is 12.1 Å². The Morgan fingerprint density at radius 1 is 1.53 bits per heavy atom. The lowest BCUT2D eigenvalue weighted by Gasteiger charge is -2.08. The first kappa shape index (κ1) is 15.2. The van der Waals surface area contributed by atoms with E-state index in [0.29, 0.717) is 0 Å². The Kier molecular flexibility index (Phi) is 4.70. The summed E-state index contributed by atoms with van der Waals surface area (Å²) in [5.74, 6) is -1.66. The Hall–Kier alpha value is -1.84. The van der Waals surface area contributed by atoms with Crippen molar-refractivity contribution in [2.45, 2.75) is 18.3 Å². The van der Waals surface area contributed by atoms with Gasteiger partial charge in [-0.05, 0) is 13.2 Å². The molecular weight excluding hydrogens is 285 g/mol. The Bertz CT molecular complexity index is 519. The number of thioether (sulfide) groups is 1. The molecule has 0 aromatic carbocycles. The number of alkyl halides is 3. The fourth-order valence-electron chi connectivity index (χ4n) is 0.906. The van der Waals surface area contributed by atoms with Crippen LogP contribution in [0, 0.1) is 0 Å². The van der Waals surface area contributed by atoms with E-state index in [4.69, 9.17) is 5.11 Å². The summed E-state index contributed by atoms with van der Waals surface area (Å²) in [6, 6.07) is 0. The van der Waals surface area contributed by atoms with Crippen LogP contribution in [0.15, 0.2) is 16.5 Å². The van der Waals surface area contributed by atoms with Gasteiger partial charge in [0.2, 0.25) is 0 Å². The average Bonchev–Trinajstić information content (AvgIpc) is 2.33. The van der Waals surface area contributed by atoms with Crippen LogP contribution in [-0.4, -0.2) is 39.2 Å². The molecule has 10 heteroatoms. The third-order valence-electron chi connectivity index (χ3n) is 1.92. The van der Waals surface area contributed by atoms with Crippen molar-refractivity contribution in [1.82, 2.24) is 9.97 Å². The molecule has 0 aliphatic heterocycles. The van der Waals surface area contributed by atoms with Crippen LogP contribution in [0.25, 0.3) is 0 Å². The van der Waals surface area contributed by atoms with Crippen LogP contribution in [-0.2, 0) is 0 Å². The Labute approximate surface area is 110 Å². The fraction of sp³-hybridized carbons (Fsp3) is 0.333. The third-order valence-corrected chi connectivity index (χ3v) is 2.48. The first-order chi connectivity index (χ1) is 8.75. The van der Waals surface area contributed by atoms with Crippen molar-refractivity contribution < 1.29 is 23.1 Å². The highest BCUT2D eigenvalue weighted by Crippen LogP contribution is 2.19. The highest BCUT2D eigenvalue weighted by atomic mass is 32.2. The summed E-state index contributed by atoms with van der Waals surface area (Å²) in [7, 11) is 0. The zero-order valence-corrected chi connectivity index (χ0v) is 10.6. The number of halogens is 3. The number of carboxylic acid groups (broad SMARTS) is 1. The van der Waals surface area contributed by atoms with Gasteiger partial charge in [0, 0.05) is 6.20 Å². The van der Waals surface area contributed by atoms with Crippen LogP contribution < -0.4 is 5.43 Å². The zero-order chi connectivity index (χ0) is 14.6. The molecule has 0 aliphatic rings. The van der Waals surface area contributed by atoms with Gasteiger partial charge in [0.25, 0.3) is 0 Å². The molecule has 6 nitrogen and oxygen atoms in total. The number of carboxylic acids is 1. The van der Waals surface area contributed by atoms with Gasteiger partial charge in [-0.25, -0.2) is 14.8 Å². The normalized spacial score (nSPS) is 12.4. The topological polar surface area (TPSA) is 87.5 Å². The minimum Gasteiger partial charge on any atom is -0.477 e. The molecule has 0 radical (unpaired) electrons. The van der Waals surface area contributed by atoms with E-state index < -0.39 is 17.9 Å². The van der Waals surface area contributed by atoms with Gasteiger partial charge in [-0.2, -0.15) is 18.3 Å². The number of hydrogen-bond acceptors (Lipinski definition) is 6. The van der Waals surface area contributed by atoms with Crippen molar-refractivity contribution in [3.63, 3.8) is 0 Å². The molecule has 0 saturated carbocycles. The third kappa shape index (κ3) is 4.09. The van der Waals surface area contributed by atoms with Crippen molar-refractivity contribution in [2.24, 2.45) is 5.10 Å². The Morgan fingerprint density at radius 3 is 2.63 bits per heavy atom. The second kappa shape index (κ2) is 5.87. The van der Waals surface area contributed by atoms with Crippen molar-refractivity contribution in [3.8, 4) is 0 Å². The smallest absolute Gasteiger partial charge is 0.430 e. The minimum atomic E-state index is -4.59. The van der Waals surface area contributed by atoms with Gasteiger partial charge in [-0.1, -0.05) is 11.8 Å². The summed E-state index contributed by atoms with van der Waals surface area (Å²) in [5.41, 5.74) is 0.489. The number of hydrogen-bond donors (Lipinski definition) is 2. The van der Waals surface area contributed by atoms with Gasteiger partial charge in [-0.3, -0.25) is 5.43 Å². The van der Waals surface area contributed by atoms with Crippen LogP contribution in [0.2, 0.25) is 0 Å². The van der Waals surface area contributed by atoms with Crippen molar-refractivity contribution in [2.75, 3.05) is 11.7 Å². The van der Waals surface area contributed by atoms with E-state index in [1.807, 2.05) is 5.43 Å². The lowest BCUT2D eigenvalue weighted by atomic mass is 10.3. The van der Waals surface area contributed by atoms with Crippen LogP contribution in [0.1, 0.15) is 17.3 Å². The standard InChI is InChI=1S/C9H9F3N4O2S/c1-4(9(10,11)12)15-16-6-5(7(17)18)3-13-8(14-6)19-2/h3H,1-2H3,(H,17,18)(H,13,14,16)/b15-4+. The van der Waals surface area contributed by atoms with Crippen LogP contribution in [0.3, 0.4) is 0 Å². The summed E-state index contributed by atoms with van der Waals surface area (Å²) >= 11 is 1.12. The number of rotatable bonds is 4. The molecule has 0 saturated heterocycles. The molecule has 0 bridgehead atoms. The summed E-state index contributed by atoms with van der Waals surface area (Å²) in [4.78, 5) is 18.3. The highest BCUT2D eigenvalue weighted by molar-refractivity contribution is 7.98. The molecule has 1 rings (SSSR count). The summed E-state index contributed by atoms with van der Waals surface area (Å²) in [6.45, 7) is 0.754. The molecule has 0 fully saturated rings. The zero-order valence-electron chi connectivity index (χ0n) is 9.82. The lowest BCUT2D eigenvalue weighted by molar-refractivity contribution is -0.0592. The second-order valence-electron chi connectivity index (χ2n) is 3.23. The Balaban J connectivity index is 3.08. The Morgan fingerprint density at radius 2 is 2.16 bits per heavy atom. The highest BCUT2D eigenvalue weighted by Gasteiger charge is 2.32. The van der Waals surface area contributed by atoms with E-state index >= 15 is 0 Å².